The van der Waals surface area contributed by atoms with Gasteiger partial charge in [-0.3, -0.25) is 0 Å². The van der Waals surface area contributed by atoms with Crippen LogP contribution in [0.25, 0.3) is 5.69 Å². The van der Waals surface area contributed by atoms with E-state index in [4.69, 9.17) is 0 Å². The van der Waals surface area contributed by atoms with Gasteiger partial charge in [0.15, 0.2) is 0 Å². The van der Waals surface area contributed by atoms with Crippen LogP contribution in [0.3, 0.4) is 0 Å². The summed E-state index contributed by atoms with van der Waals surface area (Å²) in [7, 11) is 0. The lowest BCUT2D eigenvalue weighted by Crippen LogP contribution is -2.01. The summed E-state index contributed by atoms with van der Waals surface area (Å²) in [5.74, 6) is 0. The Morgan fingerprint density at radius 1 is 1.33 bits per heavy atom. The molecule has 0 spiro atoms. The van der Waals surface area contributed by atoms with Crippen LogP contribution < -0.4 is 0 Å². The van der Waals surface area contributed by atoms with Crippen LogP contribution >= 0.6 is 0 Å². The van der Waals surface area contributed by atoms with Crippen molar-refractivity contribution in [3.8, 4) is 5.69 Å². The molecule has 0 fully saturated rings. The Hall–Kier alpha value is -1.68. The van der Waals surface area contributed by atoms with Gasteiger partial charge in [-0.05, 0) is 18.6 Å². The zero-order valence-corrected chi connectivity index (χ0v) is 8.54. The number of hydrogen-bond acceptors (Lipinski definition) is 3. The molecule has 0 saturated heterocycles. The van der Waals surface area contributed by atoms with E-state index >= 15 is 0 Å². The van der Waals surface area contributed by atoms with Crippen LogP contribution in [0.4, 0.5) is 0 Å². The Bertz CT molecular complexity index is 424. The molecule has 4 heteroatoms. The van der Waals surface area contributed by atoms with Crippen molar-refractivity contribution < 1.29 is 5.11 Å². The fourth-order valence-electron chi connectivity index (χ4n) is 1.32. The molecule has 2 aromatic rings. The SMILES string of the molecule is CCC(O)c1cnn(-c2ccccc2)n1. The maximum Gasteiger partial charge on any atom is 0.112 e. The van der Waals surface area contributed by atoms with E-state index in [9.17, 15) is 5.11 Å². The summed E-state index contributed by atoms with van der Waals surface area (Å²) in [6, 6.07) is 9.63. The molecule has 0 aliphatic carbocycles. The maximum atomic E-state index is 9.57. The molecule has 0 aliphatic heterocycles. The zero-order chi connectivity index (χ0) is 10.7. The van der Waals surface area contributed by atoms with Crippen LogP contribution in [-0.2, 0) is 0 Å². The van der Waals surface area contributed by atoms with Gasteiger partial charge in [-0.2, -0.15) is 15.0 Å². The number of rotatable bonds is 3. The Morgan fingerprint density at radius 3 is 2.73 bits per heavy atom. The first-order valence-corrected chi connectivity index (χ1v) is 4.97. The topological polar surface area (TPSA) is 50.9 Å². The van der Waals surface area contributed by atoms with E-state index in [-0.39, 0.29) is 0 Å². The standard InChI is InChI=1S/C11H13N3O/c1-2-11(15)10-8-12-14(13-10)9-6-4-3-5-7-9/h3-8,11,15H,2H2,1H3. The van der Waals surface area contributed by atoms with Crippen molar-refractivity contribution in [2.75, 3.05) is 0 Å². The van der Waals surface area contributed by atoms with Crippen LogP contribution in [0.2, 0.25) is 0 Å². The lowest BCUT2D eigenvalue weighted by Gasteiger charge is -2.01. The normalized spacial score (nSPS) is 12.7. The lowest BCUT2D eigenvalue weighted by molar-refractivity contribution is 0.168. The van der Waals surface area contributed by atoms with E-state index in [0.717, 1.165) is 5.69 Å². The lowest BCUT2D eigenvalue weighted by atomic mass is 10.2. The summed E-state index contributed by atoms with van der Waals surface area (Å²) in [5.41, 5.74) is 1.51. The molecular weight excluding hydrogens is 190 g/mol. The molecule has 1 atom stereocenters. The van der Waals surface area contributed by atoms with E-state index in [0.29, 0.717) is 12.1 Å². The van der Waals surface area contributed by atoms with Crippen molar-refractivity contribution in [1.29, 1.82) is 0 Å². The molecular formula is C11H13N3O. The highest BCUT2D eigenvalue weighted by Gasteiger charge is 2.09. The van der Waals surface area contributed by atoms with Gasteiger partial charge in [0.25, 0.3) is 0 Å². The number of aliphatic hydroxyl groups excluding tert-OH is 1. The highest BCUT2D eigenvalue weighted by atomic mass is 16.3. The van der Waals surface area contributed by atoms with Gasteiger partial charge in [0, 0.05) is 0 Å². The number of nitrogens with zero attached hydrogens (tertiary/aromatic N) is 3. The van der Waals surface area contributed by atoms with Gasteiger partial charge in [-0.15, -0.1) is 0 Å². The average Bonchev–Trinajstić information content (AvgIpc) is 2.78. The van der Waals surface area contributed by atoms with Crippen molar-refractivity contribution in [1.82, 2.24) is 15.0 Å². The minimum Gasteiger partial charge on any atom is -0.387 e. The molecule has 1 unspecified atom stereocenters. The number of benzene rings is 1. The van der Waals surface area contributed by atoms with Crippen molar-refractivity contribution in [2.45, 2.75) is 19.4 Å². The smallest absolute Gasteiger partial charge is 0.112 e. The Morgan fingerprint density at radius 2 is 2.07 bits per heavy atom. The molecule has 0 bridgehead atoms. The van der Waals surface area contributed by atoms with Crippen LogP contribution in [0.15, 0.2) is 36.5 Å². The molecule has 0 saturated carbocycles. The van der Waals surface area contributed by atoms with Crippen LogP contribution in [0.1, 0.15) is 25.1 Å². The molecule has 4 nitrogen and oxygen atoms in total. The van der Waals surface area contributed by atoms with E-state index in [1.807, 2.05) is 37.3 Å². The Balaban J connectivity index is 2.28. The summed E-state index contributed by atoms with van der Waals surface area (Å²) in [4.78, 5) is 1.52. The van der Waals surface area contributed by atoms with E-state index in [1.165, 1.54) is 4.80 Å². The van der Waals surface area contributed by atoms with Gasteiger partial charge in [0.2, 0.25) is 0 Å². The van der Waals surface area contributed by atoms with Gasteiger partial charge in [-0.1, -0.05) is 25.1 Å². The fraction of sp³-hybridized carbons (Fsp3) is 0.273. The molecule has 1 heterocycles. The second kappa shape index (κ2) is 4.23. The second-order valence-corrected chi connectivity index (χ2v) is 3.32. The largest absolute Gasteiger partial charge is 0.387 e. The predicted octanol–water partition coefficient (Wildman–Crippen LogP) is 1.71. The summed E-state index contributed by atoms with van der Waals surface area (Å²) >= 11 is 0. The molecule has 0 radical (unpaired) electrons. The quantitative estimate of drug-likeness (QED) is 0.826. The summed E-state index contributed by atoms with van der Waals surface area (Å²) in [6.45, 7) is 1.91. The fourth-order valence-corrected chi connectivity index (χ4v) is 1.32. The highest BCUT2D eigenvalue weighted by molar-refractivity contribution is 5.28. The van der Waals surface area contributed by atoms with Crippen molar-refractivity contribution in [2.24, 2.45) is 0 Å². The van der Waals surface area contributed by atoms with Crippen LogP contribution in [0, 0.1) is 0 Å². The predicted molar refractivity (Wildman–Crippen MR) is 56.6 cm³/mol. The first-order valence-electron chi connectivity index (χ1n) is 4.97. The third kappa shape index (κ3) is 2.05. The third-order valence-electron chi connectivity index (χ3n) is 2.22. The van der Waals surface area contributed by atoms with Crippen molar-refractivity contribution >= 4 is 0 Å². The van der Waals surface area contributed by atoms with Crippen LogP contribution in [-0.4, -0.2) is 20.1 Å². The van der Waals surface area contributed by atoms with Crippen molar-refractivity contribution in [3.63, 3.8) is 0 Å². The molecule has 1 aromatic heterocycles. The monoisotopic (exact) mass is 203 g/mol. The molecule has 1 N–H and O–H groups in total. The van der Waals surface area contributed by atoms with Gasteiger partial charge in [0.05, 0.1) is 18.0 Å². The minimum absolute atomic E-state index is 0.525. The number of hydrogen-bond donors (Lipinski definition) is 1. The summed E-state index contributed by atoms with van der Waals surface area (Å²) in [6.07, 6.45) is 1.72. The summed E-state index contributed by atoms with van der Waals surface area (Å²) in [5, 5.41) is 17.9. The number of para-hydroxylation sites is 1. The molecule has 15 heavy (non-hydrogen) atoms. The molecule has 0 amide bonds. The first-order chi connectivity index (χ1) is 7.31. The molecule has 0 aliphatic rings. The molecule has 2 rings (SSSR count). The first kappa shape index (κ1) is 9.86. The Labute approximate surface area is 88.2 Å². The molecule has 78 valence electrons. The zero-order valence-electron chi connectivity index (χ0n) is 8.54. The summed E-state index contributed by atoms with van der Waals surface area (Å²) < 4.78 is 0. The maximum absolute atomic E-state index is 9.57. The van der Waals surface area contributed by atoms with Gasteiger partial charge < -0.3 is 5.11 Å². The second-order valence-electron chi connectivity index (χ2n) is 3.32. The average molecular weight is 203 g/mol. The van der Waals surface area contributed by atoms with Crippen LogP contribution in [0.5, 0.6) is 0 Å². The molecule has 1 aromatic carbocycles. The van der Waals surface area contributed by atoms with Crippen molar-refractivity contribution in [3.05, 3.63) is 42.2 Å². The van der Waals surface area contributed by atoms with E-state index in [2.05, 4.69) is 10.2 Å². The van der Waals surface area contributed by atoms with Gasteiger partial charge in [0.1, 0.15) is 5.69 Å². The van der Waals surface area contributed by atoms with E-state index in [1.54, 1.807) is 6.20 Å². The number of aliphatic hydroxyl groups is 1. The Kier molecular flexibility index (Phi) is 2.78. The van der Waals surface area contributed by atoms with Gasteiger partial charge >= 0.3 is 0 Å². The van der Waals surface area contributed by atoms with Gasteiger partial charge in [-0.25, -0.2) is 0 Å². The highest BCUT2D eigenvalue weighted by Crippen LogP contribution is 2.13. The van der Waals surface area contributed by atoms with E-state index < -0.39 is 6.10 Å². The number of aromatic nitrogens is 3. The minimum atomic E-state index is -0.525. The third-order valence-corrected chi connectivity index (χ3v) is 2.22.